The van der Waals surface area contributed by atoms with Crippen molar-refractivity contribution in [1.29, 1.82) is 0 Å². The van der Waals surface area contributed by atoms with Crippen LogP contribution in [-0.4, -0.2) is 37.7 Å². The molecule has 3 heteroatoms. The highest BCUT2D eigenvalue weighted by Crippen LogP contribution is 2.21. The summed E-state index contributed by atoms with van der Waals surface area (Å²) in [6, 6.07) is 8.27. The van der Waals surface area contributed by atoms with Crippen LogP contribution in [-0.2, 0) is 4.74 Å². The van der Waals surface area contributed by atoms with E-state index < -0.39 is 0 Å². The molecule has 0 amide bonds. The molecule has 1 aromatic rings. The van der Waals surface area contributed by atoms with Gasteiger partial charge < -0.3 is 15.4 Å². The van der Waals surface area contributed by atoms with Gasteiger partial charge in [-0.2, -0.15) is 0 Å². The molecule has 1 aliphatic heterocycles. The molecular formula is C17H28N2O. The number of hydrogen-bond donors (Lipinski definition) is 1. The smallest absolute Gasteiger partial charge is 0.0701 e. The molecule has 112 valence electrons. The molecule has 0 saturated carbocycles. The highest BCUT2D eigenvalue weighted by molar-refractivity contribution is 5.40. The predicted molar refractivity (Wildman–Crippen MR) is 85.0 cm³/mol. The quantitative estimate of drug-likeness (QED) is 0.811. The number of nitrogens with zero attached hydrogens (tertiary/aromatic N) is 1. The van der Waals surface area contributed by atoms with E-state index in [1.807, 2.05) is 12.1 Å². The molecule has 1 aromatic carbocycles. The highest BCUT2D eigenvalue weighted by Gasteiger charge is 2.16. The van der Waals surface area contributed by atoms with Gasteiger partial charge in [-0.05, 0) is 62.9 Å². The topological polar surface area (TPSA) is 38.5 Å². The number of anilines is 1. The lowest BCUT2D eigenvalue weighted by molar-refractivity contribution is -0.00171. The molecule has 1 heterocycles. The van der Waals surface area contributed by atoms with E-state index in [1.165, 1.54) is 31.2 Å². The number of ether oxygens (including phenoxy) is 1. The molecule has 0 radical (unpaired) electrons. The van der Waals surface area contributed by atoms with Crippen molar-refractivity contribution < 1.29 is 4.74 Å². The zero-order valence-electron chi connectivity index (χ0n) is 12.8. The Balaban J connectivity index is 1.71. The van der Waals surface area contributed by atoms with Crippen molar-refractivity contribution in [3.05, 3.63) is 29.8 Å². The van der Waals surface area contributed by atoms with E-state index in [-0.39, 0.29) is 0 Å². The van der Waals surface area contributed by atoms with Gasteiger partial charge in [0, 0.05) is 18.8 Å². The summed E-state index contributed by atoms with van der Waals surface area (Å²) in [5, 5.41) is 0. The maximum atomic E-state index is 5.80. The second-order valence-corrected chi connectivity index (χ2v) is 6.11. The lowest BCUT2D eigenvalue weighted by Crippen LogP contribution is -2.34. The minimum atomic E-state index is 0.445. The average Bonchev–Trinajstić information content (AvgIpc) is 2.46. The summed E-state index contributed by atoms with van der Waals surface area (Å²) in [4.78, 5) is 2.41. The van der Waals surface area contributed by atoms with Crippen LogP contribution in [0.5, 0.6) is 0 Å². The summed E-state index contributed by atoms with van der Waals surface area (Å²) < 4.78 is 5.80. The maximum Gasteiger partial charge on any atom is 0.0701 e. The molecule has 1 aliphatic rings. The van der Waals surface area contributed by atoms with E-state index in [2.05, 4.69) is 31.0 Å². The number of nitrogen functional groups attached to an aromatic ring is 1. The Bertz CT molecular complexity index is 384. The Morgan fingerprint density at radius 2 is 2.05 bits per heavy atom. The summed E-state index contributed by atoms with van der Waals surface area (Å²) in [5.41, 5.74) is 7.95. The zero-order valence-corrected chi connectivity index (χ0v) is 12.8. The molecule has 0 bridgehead atoms. The zero-order chi connectivity index (χ0) is 14.4. The van der Waals surface area contributed by atoms with Gasteiger partial charge in [-0.3, -0.25) is 0 Å². The molecule has 2 rings (SSSR count). The van der Waals surface area contributed by atoms with Crippen LogP contribution in [0.25, 0.3) is 0 Å². The van der Waals surface area contributed by atoms with Crippen molar-refractivity contribution in [2.75, 3.05) is 32.5 Å². The van der Waals surface area contributed by atoms with Crippen LogP contribution >= 0.6 is 0 Å². The van der Waals surface area contributed by atoms with Crippen LogP contribution in [0.4, 0.5) is 5.69 Å². The molecule has 20 heavy (non-hydrogen) atoms. The highest BCUT2D eigenvalue weighted by atomic mass is 16.5. The summed E-state index contributed by atoms with van der Waals surface area (Å²) in [6.07, 6.45) is 5.39. The molecule has 2 unspecified atom stereocenters. The molecule has 1 saturated heterocycles. The number of nitrogens with two attached hydrogens (primary N) is 1. The van der Waals surface area contributed by atoms with E-state index in [0.29, 0.717) is 12.0 Å². The summed E-state index contributed by atoms with van der Waals surface area (Å²) in [5.74, 6) is 0.574. The Morgan fingerprint density at radius 1 is 1.30 bits per heavy atom. The second-order valence-electron chi connectivity index (χ2n) is 6.11. The van der Waals surface area contributed by atoms with Gasteiger partial charge in [0.2, 0.25) is 0 Å². The average molecular weight is 276 g/mol. The number of rotatable bonds is 6. The lowest BCUT2D eigenvalue weighted by atomic mass is 9.97. The monoisotopic (exact) mass is 276 g/mol. The van der Waals surface area contributed by atoms with Crippen molar-refractivity contribution in [3.63, 3.8) is 0 Å². The Morgan fingerprint density at radius 3 is 2.70 bits per heavy atom. The molecule has 3 nitrogen and oxygen atoms in total. The van der Waals surface area contributed by atoms with Gasteiger partial charge in [0.25, 0.3) is 0 Å². The van der Waals surface area contributed by atoms with E-state index in [0.717, 1.165) is 25.4 Å². The molecule has 1 fully saturated rings. The van der Waals surface area contributed by atoms with Crippen molar-refractivity contribution >= 4 is 5.69 Å². The van der Waals surface area contributed by atoms with Crippen molar-refractivity contribution in [2.45, 2.75) is 44.6 Å². The van der Waals surface area contributed by atoms with Gasteiger partial charge in [0.1, 0.15) is 0 Å². The fraction of sp³-hybridized carbons (Fsp3) is 0.647. The molecular weight excluding hydrogens is 248 g/mol. The van der Waals surface area contributed by atoms with E-state index in [4.69, 9.17) is 10.5 Å². The van der Waals surface area contributed by atoms with Crippen molar-refractivity contribution in [1.82, 2.24) is 4.90 Å². The fourth-order valence-corrected chi connectivity index (χ4v) is 2.80. The number of hydrogen-bond acceptors (Lipinski definition) is 3. The molecule has 0 aliphatic carbocycles. The maximum absolute atomic E-state index is 5.80. The minimum absolute atomic E-state index is 0.445. The van der Waals surface area contributed by atoms with Gasteiger partial charge >= 0.3 is 0 Å². The Kier molecular flexibility index (Phi) is 5.86. The molecule has 2 N–H and O–H groups in total. The minimum Gasteiger partial charge on any atom is -0.399 e. The van der Waals surface area contributed by atoms with Crippen LogP contribution in [0.1, 0.15) is 44.1 Å². The van der Waals surface area contributed by atoms with Crippen LogP contribution < -0.4 is 5.73 Å². The summed E-state index contributed by atoms with van der Waals surface area (Å²) >= 11 is 0. The van der Waals surface area contributed by atoms with Gasteiger partial charge in [-0.15, -0.1) is 0 Å². The second kappa shape index (κ2) is 7.65. The van der Waals surface area contributed by atoms with E-state index in [9.17, 15) is 0 Å². The normalized spacial score (nSPS) is 21.1. The van der Waals surface area contributed by atoms with Crippen LogP contribution in [0.3, 0.4) is 0 Å². The number of likely N-dealkylation sites (N-methyl/N-ethyl adjacent to an activating group) is 1. The molecule has 2 atom stereocenters. The lowest BCUT2D eigenvalue weighted by Gasteiger charge is -2.28. The van der Waals surface area contributed by atoms with Crippen LogP contribution in [0.15, 0.2) is 24.3 Å². The first-order valence-corrected chi connectivity index (χ1v) is 7.80. The van der Waals surface area contributed by atoms with Crippen LogP contribution in [0.2, 0.25) is 0 Å². The number of benzene rings is 1. The summed E-state index contributed by atoms with van der Waals surface area (Å²) in [7, 11) is 2.20. The van der Waals surface area contributed by atoms with Gasteiger partial charge in [0.15, 0.2) is 0 Å². The van der Waals surface area contributed by atoms with Gasteiger partial charge in [-0.1, -0.05) is 19.1 Å². The first kappa shape index (κ1) is 15.3. The van der Waals surface area contributed by atoms with Gasteiger partial charge in [-0.25, -0.2) is 0 Å². The standard InChI is InChI=1S/C17H28N2O/c1-14(15-6-8-16(18)9-7-15)10-11-19(2)13-17-5-3-4-12-20-17/h6-9,14,17H,3-5,10-13,18H2,1-2H3. The van der Waals surface area contributed by atoms with Crippen molar-refractivity contribution in [3.8, 4) is 0 Å². The predicted octanol–water partition coefficient (Wildman–Crippen LogP) is 3.26. The molecule has 0 spiro atoms. The first-order chi connectivity index (χ1) is 9.65. The van der Waals surface area contributed by atoms with Crippen molar-refractivity contribution in [2.24, 2.45) is 0 Å². The van der Waals surface area contributed by atoms with E-state index >= 15 is 0 Å². The fourth-order valence-electron chi connectivity index (χ4n) is 2.80. The third kappa shape index (κ3) is 4.80. The Labute approximate surface area is 123 Å². The third-order valence-corrected chi connectivity index (χ3v) is 4.24. The first-order valence-electron chi connectivity index (χ1n) is 7.80. The van der Waals surface area contributed by atoms with E-state index in [1.54, 1.807) is 0 Å². The Hall–Kier alpha value is -1.06. The SMILES string of the molecule is CC(CCN(C)CC1CCCCO1)c1ccc(N)cc1. The van der Waals surface area contributed by atoms with Gasteiger partial charge in [0.05, 0.1) is 6.10 Å². The molecule has 0 aromatic heterocycles. The third-order valence-electron chi connectivity index (χ3n) is 4.24. The summed E-state index contributed by atoms with van der Waals surface area (Å²) in [6.45, 7) is 5.41. The largest absolute Gasteiger partial charge is 0.399 e. The van der Waals surface area contributed by atoms with Crippen LogP contribution in [0, 0.1) is 0 Å².